The second-order valence-corrected chi connectivity index (χ2v) is 7.16. The summed E-state index contributed by atoms with van der Waals surface area (Å²) < 4.78 is 17.8. The Balaban J connectivity index is 1.64. The number of hydrogen-bond donors (Lipinski definition) is 0. The molecule has 0 aromatic carbocycles. The van der Waals surface area contributed by atoms with E-state index in [2.05, 4.69) is 10.1 Å². The molecule has 31 heavy (non-hydrogen) atoms. The van der Waals surface area contributed by atoms with E-state index in [1.807, 2.05) is 32.2 Å². The van der Waals surface area contributed by atoms with Gasteiger partial charge in [-0.05, 0) is 31.5 Å². The molecule has 9 nitrogen and oxygen atoms in total. The van der Waals surface area contributed by atoms with E-state index in [9.17, 15) is 4.79 Å². The van der Waals surface area contributed by atoms with Crippen LogP contribution in [0, 0.1) is 6.92 Å². The summed E-state index contributed by atoms with van der Waals surface area (Å²) in [5, 5.41) is 4.28. The van der Waals surface area contributed by atoms with Crippen molar-refractivity contribution in [2.75, 3.05) is 32.3 Å². The van der Waals surface area contributed by atoms with Gasteiger partial charge in [0.2, 0.25) is 0 Å². The lowest BCUT2D eigenvalue weighted by molar-refractivity contribution is 0.0996. The van der Waals surface area contributed by atoms with Crippen molar-refractivity contribution in [1.29, 1.82) is 0 Å². The minimum absolute atomic E-state index is 0.0557. The molecule has 0 unspecified atom stereocenters. The first-order chi connectivity index (χ1) is 15.0. The largest absolute Gasteiger partial charge is 0.491 e. The predicted molar refractivity (Wildman–Crippen MR) is 115 cm³/mol. The highest BCUT2D eigenvalue weighted by Crippen LogP contribution is 2.34. The standard InChI is InChI=1S/C22H25N5O4/c1-5-26-12-16(11-24-26)27-13-18-20(22(27)28)14(2)8-17(25-18)15-9-19(30-4)21(23-10-15)31-7-6-29-3/h8-12H,5-7,13H2,1-4H3. The van der Waals surface area contributed by atoms with Gasteiger partial charge in [-0.1, -0.05) is 0 Å². The number of aryl methyl sites for hydroxylation is 2. The second kappa shape index (κ2) is 8.73. The van der Waals surface area contributed by atoms with Crippen LogP contribution in [0.15, 0.2) is 30.7 Å². The quantitative estimate of drug-likeness (QED) is 0.515. The van der Waals surface area contributed by atoms with Crippen LogP contribution in [0.1, 0.15) is 28.5 Å². The van der Waals surface area contributed by atoms with Crippen LogP contribution in [-0.2, 0) is 17.8 Å². The zero-order chi connectivity index (χ0) is 22.0. The molecule has 9 heteroatoms. The lowest BCUT2D eigenvalue weighted by Gasteiger charge is -2.12. The van der Waals surface area contributed by atoms with Crippen LogP contribution in [0.2, 0.25) is 0 Å². The highest BCUT2D eigenvalue weighted by atomic mass is 16.5. The highest BCUT2D eigenvalue weighted by molar-refractivity contribution is 6.10. The number of methoxy groups -OCH3 is 2. The van der Waals surface area contributed by atoms with Gasteiger partial charge in [-0.25, -0.2) is 4.98 Å². The van der Waals surface area contributed by atoms with Crippen molar-refractivity contribution < 1.29 is 19.0 Å². The predicted octanol–water partition coefficient (Wildman–Crippen LogP) is 2.86. The first-order valence-electron chi connectivity index (χ1n) is 10.1. The maximum absolute atomic E-state index is 13.0. The average molecular weight is 423 g/mol. The van der Waals surface area contributed by atoms with Gasteiger partial charge in [-0.15, -0.1) is 0 Å². The Hall–Kier alpha value is -3.46. The van der Waals surface area contributed by atoms with Gasteiger partial charge in [0.05, 0.1) is 49.1 Å². The molecule has 162 valence electrons. The van der Waals surface area contributed by atoms with Crippen LogP contribution in [0.4, 0.5) is 5.69 Å². The Labute approximate surface area is 180 Å². The number of pyridine rings is 2. The van der Waals surface area contributed by atoms with Crippen molar-refractivity contribution >= 4 is 11.6 Å². The third-order valence-electron chi connectivity index (χ3n) is 5.17. The zero-order valence-electron chi connectivity index (χ0n) is 18.1. The minimum atomic E-state index is -0.0557. The van der Waals surface area contributed by atoms with Crippen LogP contribution in [-0.4, -0.2) is 53.1 Å². The summed E-state index contributed by atoms with van der Waals surface area (Å²) in [7, 11) is 3.18. The van der Waals surface area contributed by atoms with Crippen molar-refractivity contribution in [3.8, 4) is 22.9 Å². The Bertz CT molecular complexity index is 1110. The number of rotatable bonds is 8. The van der Waals surface area contributed by atoms with Gasteiger partial charge >= 0.3 is 0 Å². The van der Waals surface area contributed by atoms with Crippen LogP contribution < -0.4 is 14.4 Å². The van der Waals surface area contributed by atoms with Crippen LogP contribution in [0.25, 0.3) is 11.3 Å². The molecule has 4 heterocycles. The van der Waals surface area contributed by atoms with Gasteiger partial charge in [0, 0.05) is 31.6 Å². The average Bonchev–Trinajstić information content (AvgIpc) is 3.38. The fourth-order valence-electron chi connectivity index (χ4n) is 3.57. The van der Waals surface area contributed by atoms with Crippen molar-refractivity contribution in [2.45, 2.75) is 26.9 Å². The maximum Gasteiger partial charge on any atom is 0.260 e. The highest BCUT2D eigenvalue weighted by Gasteiger charge is 2.32. The number of aromatic nitrogens is 4. The van der Waals surface area contributed by atoms with Gasteiger partial charge in [0.1, 0.15) is 6.61 Å². The van der Waals surface area contributed by atoms with E-state index < -0.39 is 0 Å². The molecule has 0 fully saturated rings. The summed E-state index contributed by atoms with van der Waals surface area (Å²) in [5.74, 6) is 0.855. The molecule has 0 atom stereocenters. The molecule has 0 aliphatic carbocycles. The maximum atomic E-state index is 13.0. The third kappa shape index (κ3) is 3.96. The molecule has 1 aliphatic heterocycles. The van der Waals surface area contributed by atoms with E-state index in [-0.39, 0.29) is 5.91 Å². The van der Waals surface area contributed by atoms with E-state index in [1.165, 1.54) is 0 Å². The fraction of sp³-hybridized carbons (Fsp3) is 0.364. The summed E-state index contributed by atoms with van der Waals surface area (Å²) >= 11 is 0. The fourth-order valence-corrected chi connectivity index (χ4v) is 3.57. The van der Waals surface area contributed by atoms with Crippen molar-refractivity contribution in [2.24, 2.45) is 0 Å². The number of carbonyl (C=O) groups excluding carboxylic acids is 1. The summed E-state index contributed by atoms with van der Waals surface area (Å²) in [6, 6.07) is 3.74. The van der Waals surface area contributed by atoms with Gasteiger partial charge in [-0.2, -0.15) is 5.10 Å². The van der Waals surface area contributed by atoms with Crippen LogP contribution in [0.3, 0.4) is 0 Å². The van der Waals surface area contributed by atoms with Gasteiger partial charge < -0.3 is 14.2 Å². The number of hydrogen-bond acceptors (Lipinski definition) is 7. The number of amides is 1. The number of nitrogens with zero attached hydrogens (tertiary/aromatic N) is 5. The second-order valence-electron chi connectivity index (χ2n) is 7.16. The van der Waals surface area contributed by atoms with Gasteiger partial charge in [-0.3, -0.25) is 19.4 Å². The van der Waals surface area contributed by atoms with Crippen molar-refractivity contribution in [3.05, 3.63) is 47.5 Å². The summed E-state index contributed by atoms with van der Waals surface area (Å²) in [6.45, 7) is 5.92. The smallest absolute Gasteiger partial charge is 0.260 e. The lowest BCUT2D eigenvalue weighted by Crippen LogP contribution is -2.22. The third-order valence-corrected chi connectivity index (χ3v) is 5.17. The SMILES string of the molecule is CCn1cc(N2Cc3nc(-c4cnc(OCCOC)c(OC)c4)cc(C)c3C2=O)cn1. The molecule has 0 spiro atoms. The van der Waals surface area contributed by atoms with E-state index in [1.54, 1.807) is 36.2 Å². The molecule has 0 saturated heterocycles. The topological polar surface area (TPSA) is 91.6 Å². The number of carbonyl (C=O) groups is 1. The van der Waals surface area contributed by atoms with Gasteiger partial charge in [0.15, 0.2) is 5.75 Å². The normalized spacial score (nSPS) is 12.9. The van der Waals surface area contributed by atoms with E-state index in [0.717, 1.165) is 34.7 Å². The molecule has 0 radical (unpaired) electrons. The Morgan fingerprint density at radius 1 is 1.16 bits per heavy atom. The summed E-state index contributed by atoms with van der Waals surface area (Å²) in [6.07, 6.45) is 5.27. The van der Waals surface area contributed by atoms with E-state index in [0.29, 0.717) is 37.0 Å². The van der Waals surface area contributed by atoms with Crippen molar-refractivity contribution in [3.63, 3.8) is 0 Å². The molecular weight excluding hydrogens is 398 g/mol. The number of ether oxygens (including phenoxy) is 3. The molecule has 3 aromatic heterocycles. The molecule has 3 aromatic rings. The molecule has 4 rings (SSSR count). The number of fused-ring (bicyclic) bond motifs is 1. The molecule has 0 bridgehead atoms. The lowest BCUT2D eigenvalue weighted by atomic mass is 10.1. The molecular formula is C22H25N5O4. The Morgan fingerprint density at radius 2 is 2.00 bits per heavy atom. The monoisotopic (exact) mass is 423 g/mol. The Morgan fingerprint density at radius 3 is 2.71 bits per heavy atom. The van der Waals surface area contributed by atoms with Gasteiger partial charge in [0.25, 0.3) is 11.8 Å². The summed E-state index contributed by atoms with van der Waals surface area (Å²) in [5.41, 5.74) is 4.54. The first kappa shape index (κ1) is 20.8. The molecule has 1 amide bonds. The molecule has 0 N–H and O–H groups in total. The van der Waals surface area contributed by atoms with Crippen LogP contribution >= 0.6 is 0 Å². The number of anilines is 1. The molecule has 0 saturated carbocycles. The van der Waals surface area contributed by atoms with Crippen LogP contribution in [0.5, 0.6) is 11.6 Å². The van der Waals surface area contributed by atoms with E-state index in [4.69, 9.17) is 19.2 Å². The first-order valence-corrected chi connectivity index (χ1v) is 10.1. The summed E-state index contributed by atoms with van der Waals surface area (Å²) in [4.78, 5) is 23.9. The zero-order valence-corrected chi connectivity index (χ0v) is 18.1. The minimum Gasteiger partial charge on any atom is -0.491 e. The van der Waals surface area contributed by atoms with Crippen molar-refractivity contribution in [1.82, 2.24) is 19.7 Å². The Kier molecular flexibility index (Phi) is 5.85. The van der Waals surface area contributed by atoms with E-state index >= 15 is 0 Å². The molecule has 1 aliphatic rings.